The van der Waals surface area contributed by atoms with Crippen molar-refractivity contribution in [1.29, 1.82) is 0 Å². The van der Waals surface area contributed by atoms with Crippen molar-refractivity contribution in [2.24, 2.45) is 0 Å². The molecule has 2 atom stereocenters. The zero-order chi connectivity index (χ0) is 38.9. The van der Waals surface area contributed by atoms with Crippen molar-refractivity contribution in [3.05, 3.63) is 70.7 Å². The first-order valence-corrected chi connectivity index (χ1v) is 20.3. The fraction of sp³-hybridized carbons (Fsp3) is 0.442. The first-order valence-electron chi connectivity index (χ1n) is 19.4. The van der Waals surface area contributed by atoms with Crippen LogP contribution in [0.2, 0.25) is 0 Å². The molecular formula is C43H44FIN6O5. The highest BCUT2D eigenvalue weighted by molar-refractivity contribution is 14.1. The van der Waals surface area contributed by atoms with E-state index in [1.165, 1.54) is 6.07 Å². The number of carbonyl (C=O) groups excluding carboxylic acids is 1. The lowest BCUT2D eigenvalue weighted by Gasteiger charge is -2.36. The second kappa shape index (κ2) is 14.4. The average molecular weight is 871 g/mol. The Labute approximate surface area is 339 Å². The van der Waals surface area contributed by atoms with Gasteiger partial charge in [-0.05, 0) is 87.8 Å². The molecule has 1 amide bonds. The highest BCUT2D eigenvalue weighted by atomic mass is 127. The van der Waals surface area contributed by atoms with Gasteiger partial charge in [0.15, 0.2) is 5.75 Å². The molecule has 56 heavy (non-hydrogen) atoms. The molecule has 0 unspecified atom stereocenters. The fourth-order valence-corrected chi connectivity index (χ4v) is 8.91. The molecule has 1 saturated carbocycles. The number of hydrogen-bond acceptors (Lipinski definition) is 9. The third-order valence-electron chi connectivity index (χ3n) is 11.3. The first-order chi connectivity index (χ1) is 26.9. The number of amides is 1. The Morgan fingerprint density at radius 1 is 1.04 bits per heavy atom. The number of rotatable bonds is 8. The minimum atomic E-state index is -0.588. The maximum atomic E-state index is 16.0. The maximum Gasteiger partial charge on any atom is 0.410 e. The van der Waals surface area contributed by atoms with Gasteiger partial charge in [-0.3, -0.25) is 0 Å². The predicted molar refractivity (Wildman–Crippen MR) is 220 cm³/mol. The molecule has 9 rings (SSSR count). The standard InChI is InChI=1S/C43H44FIN6O5/c1-6-25-7-9-26(10-8-25)23-54-39-37(36-24(2)34(44)19-35-33(36)22-51(45)48-35)31(27-11-12-27)18-32-38(39)46-41(55-30-13-15-53-16-14-30)47-40(32)49-20-29-17-28(49)21-50(29)42(52)56-43(3,4)5/h1,7-10,18-19,22,27-30H,11-17,20-21,23H2,2-5H3/t28-,29-/m0/s1. The van der Waals surface area contributed by atoms with Crippen molar-refractivity contribution in [2.75, 3.05) is 31.2 Å². The van der Waals surface area contributed by atoms with Gasteiger partial charge in [0, 0.05) is 65.7 Å². The van der Waals surface area contributed by atoms with Gasteiger partial charge in [0.2, 0.25) is 0 Å². The van der Waals surface area contributed by atoms with E-state index >= 15 is 4.39 Å². The minimum absolute atomic E-state index is 0.0178. The lowest BCUT2D eigenvalue weighted by molar-refractivity contribution is 0.0206. The van der Waals surface area contributed by atoms with Crippen LogP contribution in [0.1, 0.15) is 81.0 Å². The van der Waals surface area contributed by atoms with Gasteiger partial charge in [0.25, 0.3) is 0 Å². The van der Waals surface area contributed by atoms with Crippen LogP contribution in [0.15, 0.2) is 42.6 Å². The lowest BCUT2D eigenvalue weighted by atomic mass is 9.88. The van der Waals surface area contributed by atoms with Gasteiger partial charge in [0.1, 0.15) is 35.5 Å². The van der Waals surface area contributed by atoms with Crippen molar-refractivity contribution < 1.29 is 28.1 Å². The monoisotopic (exact) mass is 870 g/mol. The van der Waals surface area contributed by atoms with E-state index in [1.54, 1.807) is 2.90 Å². The van der Waals surface area contributed by atoms with E-state index in [-0.39, 0.29) is 48.6 Å². The zero-order valence-corrected chi connectivity index (χ0v) is 34.1. The topological polar surface area (TPSA) is 104 Å². The number of benzene rings is 3. The third-order valence-corrected chi connectivity index (χ3v) is 11.8. The molecule has 2 aromatic heterocycles. The Hall–Kier alpha value is -4.68. The van der Waals surface area contributed by atoms with Crippen LogP contribution >= 0.6 is 22.9 Å². The SMILES string of the molecule is C#Cc1ccc(COc2c(-c3c(C)c(F)cc4nn(I)cc34)c(C3CC3)cc3c(N4C[C@@H]5C[C@H]4CN5C(=O)OC(C)(C)C)nc(OC4CCOCC4)nc23)cc1. The Morgan fingerprint density at radius 3 is 2.48 bits per heavy atom. The second-order valence-corrected chi connectivity index (χ2v) is 17.4. The van der Waals surface area contributed by atoms with Gasteiger partial charge in [-0.15, -0.1) is 6.42 Å². The molecule has 290 valence electrons. The largest absolute Gasteiger partial charge is 0.486 e. The summed E-state index contributed by atoms with van der Waals surface area (Å²) in [6, 6.07) is 11.7. The molecule has 0 radical (unpaired) electrons. The summed E-state index contributed by atoms with van der Waals surface area (Å²) in [6.45, 7) is 10.0. The molecular weight excluding hydrogens is 826 g/mol. The molecule has 1 aliphatic carbocycles. The second-order valence-electron chi connectivity index (χ2n) is 16.4. The van der Waals surface area contributed by atoms with Gasteiger partial charge in [-0.1, -0.05) is 18.1 Å². The Bertz CT molecular complexity index is 2400. The molecule has 5 heterocycles. The van der Waals surface area contributed by atoms with Crippen LogP contribution in [-0.2, 0) is 16.1 Å². The summed E-state index contributed by atoms with van der Waals surface area (Å²) in [7, 11) is 0. The van der Waals surface area contributed by atoms with Gasteiger partial charge in [-0.2, -0.15) is 15.1 Å². The Balaban J connectivity index is 1.25. The molecule has 0 N–H and O–H groups in total. The van der Waals surface area contributed by atoms with E-state index in [9.17, 15) is 4.79 Å². The summed E-state index contributed by atoms with van der Waals surface area (Å²) < 4.78 is 42.7. The number of aromatic nitrogens is 4. The van der Waals surface area contributed by atoms with Crippen molar-refractivity contribution >= 4 is 56.6 Å². The van der Waals surface area contributed by atoms with Crippen molar-refractivity contribution in [1.82, 2.24) is 22.9 Å². The minimum Gasteiger partial charge on any atom is -0.486 e. The summed E-state index contributed by atoms with van der Waals surface area (Å²) in [6.07, 6.45) is 11.4. The van der Waals surface area contributed by atoms with Crippen molar-refractivity contribution in [2.45, 2.75) is 96.1 Å². The first kappa shape index (κ1) is 36.9. The van der Waals surface area contributed by atoms with Crippen LogP contribution in [0.3, 0.4) is 0 Å². The summed E-state index contributed by atoms with van der Waals surface area (Å²) in [4.78, 5) is 27.8. The molecule has 0 spiro atoms. The van der Waals surface area contributed by atoms with Gasteiger partial charge in [0.05, 0.1) is 53.7 Å². The Kier molecular flexibility index (Phi) is 9.47. The molecule has 3 aromatic carbocycles. The van der Waals surface area contributed by atoms with Gasteiger partial charge < -0.3 is 28.7 Å². The number of halogens is 2. The third kappa shape index (κ3) is 6.99. The van der Waals surface area contributed by atoms with Gasteiger partial charge >= 0.3 is 12.1 Å². The number of terminal acetylenes is 1. The number of carbonyl (C=O) groups is 1. The molecule has 3 aliphatic heterocycles. The lowest BCUT2D eigenvalue weighted by Crippen LogP contribution is -2.50. The summed E-state index contributed by atoms with van der Waals surface area (Å²) in [5.41, 5.74) is 5.39. The van der Waals surface area contributed by atoms with Gasteiger partial charge in [-0.25, -0.2) is 12.1 Å². The number of anilines is 1. The van der Waals surface area contributed by atoms with E-state index in [4.69, 9.17) is 35.3 Å². The van der Waals surface area contributed by atoms with Crippen LogP contribution < -0.4 is 14.4 Å². The predicted octanol–water partition coefficient (Wildman–Crippen LogP) is 8.49. The summed E-state index contributed by atoms with van der Waals surface area (Å²) >= 11 is 2.11. The van der Waals surface area contributed by atoms with E-state index < -0.39 is 5.60 Å². The maximum absolute atomic E-state index is 16.0. The highest BCUT2D eigenvalue weighted by Gasteiger charge is 2.48. The van der Waals surface area contributed by atoms with Crippen LogP contribution in [0, 0.1) is 25.1 Å². The number of piperazine rings is 1. The number of hydrogen-bond donors (Lipinski definition) is 0. The normalized spacial score (nSPS) is 19.9. The van der Waals surface area contributed by atoms with Crippen LogP contribution in [-0.4, -0.2) is 79.0 Å². The molecule has 5 aromatic rings. The Morgan fingerprint density at radius 2 is 1.80 bits per heavy atom. The van der Waals surface area contributed by atoms with E-state index in [1.807, 2.05) is 63.1 Å². The van der Waals surface area contributed by atoms with Crippen LogP contribution in [0.25, 0.3) is 32.9 Å². The molecule has 11 nitrogen and oxygen atoms in total. The smallest absolute Gasteiger partial charge is 0.410 e. The number of ether oxygens (including phenoxy) is 4. The molecule has 2 bridgehead atoms. The number of likely N-dealkylation sites (tertiary alicyclic amines) is 1. The van der Waals surface area contributed by atoms with Crippen molar-refractivity contribution in [3.8, 4) is 35.2 Å². The highest BCUT2D eigenvalue weighted by Crippen LogP contribution is 2.54. The van der Waals surface area contributed by atoms with E-state index in [0.717, 1.165) is 76.5 Å². The number of fused-ring (bicyclic) bond motifs is 4. The molecule has 4 fully saturated rings. The number of nitrogens with zero attached hydrogens (tertiary/aromatic N) is 6. The van der Waals surface area contributed by atoms with Crippen molar-refractivity contribution in [3.63, 3.8) is 0 Å². The van der Waals surface area contributed by atoms with E-state index in [2.05, 4.69) is 44.8 Å². The molecule has 13 heteroatoms. The average Bonchev–Trinajstić information content (AvgIpc) is 3.65. The summed E-state index contributed by atoms with van der Waals surface area (Å²) in [5.74, 6) is 3.87. The quantitative estimate of drug-likeness (QED) is 0.112. The van der Waals surface area contributed by atoms with E-state index in [0.29, 0.717) is 48.6 Å². The van der Waals surface area contributed by atoms with Crippen LogP contribution in [0.5, 0.6) is 11.8 Å². The fourth-order valence-electron chi connectivity index (χ4n) is 8.40. The van der Waals surface area contributed by atoms with Crippen LogP contribution in [0.4, 0.5) is 15.0 Å². The molecule has 3 saturated heterocycles. The zero-order valence-electron chi connectivity index (χ0n) is 32.0. The molecule has 4 aliphatic rings. The summed E-state index contributed by atoms with van der Waals surface area (Å²) in [5, 5.41) is 6.27.